The van der Waals surface area contributed by atoms with Gasteiger partial charge in [0, 0.05) is 0 Å². The Balaban J connectivity index is 1.58. The Labute approximate surface area is 157 Å². The average Bonchev–Trinajstić information content (AvgIpc) is 2.95. The van der Waals surface area contributed by atoms with Crippen molar-refractivity contribution in [2.75, 3.05) is 11.5 Å². The molecule has 1 heterocycles. The molecular weight excluding hydrogens is 346 g/mol. The van der Waals surface area contributed by atoms with Crippen LogP contribution >= 0.6 is 0 Å². The molecule has 7 heteroatoms. The summed E-state index contributed by atoms with van der Waals surface area (Å²) < 4.78 is 5.36. The molecule has 0 saturated carbocycles. The normalized spacial score (nSPS) is 16.5. The molecule has 1 aliphatic heterocycles. The summed E-state index contributed by atoms with van der Waals surface area (Å²) in [6.45, 7) is 2.42. The van der Waals surface area contributed by atoms with Gasteiger partial charge in [0.1, 0.15) is 11.8 Å². The molecule has 0 unspecified atom stereocenters. The highest BCUT2D eigenvalue weighted by Gasteiger charge is 2.39. The van der Waals surface area contributed by atoms with Crippen molar-refractivity contribution < 1.29 is 19.1 Å². The van der Waals surface area contributed by atoms with Crippen molar-refractivity contribution >= 4 is 23.4 Å². The number of ether oxygens (including phenoxy) is 1. The maximum atomic E-state index is 12.6. The minimum atomic E-state index is -0.788. The number of carbonyl (C=O) groups excluding carboxylic acids is 3. The number of hydrogen-bond donors (Lipinski definition) is 2. The van der Waals surface area contributed by atoms with Gasteiger partial charge in [0.25, 0.3) is 5.91 Å². The van der Waals surface area contributed by atoms with Crippen LogP contribution in [0, 0.1) is 0 Å². The van der Waals surface area contributed by atoms with E-state index in [9.17, 15) is 14.4 Å². The number of anilines is 1. The van der Waals surface area contributed by atoms with Gasteiger partial charge in [0.15, 0.2) is 0 Å². The fraction of sp³-hybridized carbons (Fsp3) is 0.250. The lowest BCUT2D eigenvalue weighted by Gasteiger charge is -2.16. The topological polar surface area (TPSA) is 87.7 Å². The number of nitrogens with zero attached hydrogens (tertiary/aromatic N) is 1. The summed E-state index contributed by atoms with van der Waals surface area (Å²) in [5.74, 6) is -0.327. The minimum Gasteiger partial charge on any atom is -0.494 e. The summed E-state index contributed by atoms with van der Waals surface area (Å²) in [7, 11) is 0. The highest BCUT2D eigenvalue weighted by atomic mass is 16.5. The standard InChI is InChI=1S/C20H21N3O4/c1-2-27-16-10-8-15(9-11-16)23-19(25)13-17(20(23)26)21-22-18(24)12-14-6-4-3-5-7-14/h3-11,17,21H,2,12-13H2,1H3,(H,22,24)/t17-/m1/s1. The van der Waals surface area contributed by atoms with Gasteiger partial charge in [-0.3, -0.25) is 19.8 Å². The first-order chi connectivity index (χ1) is 13.1. The lowest BCUT2D eigenvalue weighted by atomic mass is 10.1. The van der Waals surface area contributed by atoms with Crippen LogP contribution in [0.2, 0.25) is 0 Å². The number of hydrogen-bond acceptors (Lipinski definition) is 5. The predicted octanol–water partition coefficient (Wildman–Crippen LogP) is 1.58. The van der Waals surface area contributed by atoms with Crippen LogP contribution in [0.3, 0.4) is 0 Å². The van der Waals surface area contributed by atoms with Crippen molar-refractivity contribution in [3.8, 4) is 5.75 Å². The Morgan fingerprint density at radius 1 is 1.11 bits per heavy atom. The summed E-state index contributed by atoms with van der Waals surface area (Å²) in [5.41, 5.74) is 6.53. The molecule has 0 aromatic heterocycles. The van der Waals surface area contributed by atoms with E-state index in [1.165, 1.54) is 0 Å². The second kappa shape index (κ2) is 8.46. The highest BCUT2D eigenvalue weighted by Crippen LogP contribution is 2.25. The largest absolute Gasteiger partial charge is 0.494 e. The third-order valence-electron chi connectivity index (χ3n) is 4.15. The number of hydrazine groups is 1. The molecule has 2 aromatic rings. The highest BCUT2D eigenvalue weighted by molar-refractivity contribution is 6.22. The van der Waals surface area contributed by atoms with Gasteiger partial charge in [-0.1, -0.05) is 30.3 Å². The Hall–Kier alpha value is -3.19. The van der Waals surface area contributed by atoms with Crippen molar-refractivity contribution in [1.82, 2.24) is 10.9 Å². The van der Waals surface area contributed by atoms with Crippen LogP contribution in [0.15, 0.2) is 54.6 Å². The van der Waals surface area contributed by atoms with Gasteiger partial charge in [-0.15, -0.1) is 0 Å². The summed E-state index contributed by atoms with van der Waals surface area (Å²) in [6.07, 6.45) is 0.170. The third kappa shape index (κ3) is 4.51. The first-order valence-corrected chi connectivity index (χ1v) is 8.76. The van der Waals surface area contributed by atoms with Crippen molar-refractivity contribution in [3.63, 3.8) is 0 Å². The molecule has 1 aliphatic rings. The molecule has 7 nitrogen and oxygen atoms in total. The van der Waals surface area contributed by atoms with Crippen LogP contribution < -0.4 is 20.5 Å². The Morgan fingerprint density at radius 3 is 2.48 bits per heavy atom. The molecule has 27 heavy (non-hydrogen) atoms. The van der Waals surface area contributed by atoms with Gasteiger partial charge in [0.2, 0.25) is 11.8 Å². The lowest BCUT2D eigenvalue weighted by molar-refractivity contribution is -0.122. The van der Waals surface area contributed by atoms with Crippen LogP contribution in [-0.4, -0.2) is 30.4 Å². The number of nitrogens with one attached hydrogen (secondary N) is 2. The monoisotopic (exact) mass is 367 g/mol. The summed E-state index contributed by atoms with van der Waals surface area (Å²) >= 11 is 0. The van der Waals surface area contributed by atoms with E-state index >= 15 is 0 Å². The van der Waals surface area contributed by atoms with Crippen molar-refractivity contribution in [2.24, 2.45) is 0 Å². The van der Waals surface area contributed by atoms with Crippen LogP contribution in [0.4, 0.5) is 5.69 Å². The number of rotatable bonds is 7. The number of imide groups is 1. The SMILES string of the molecule is CCOc1ccc(N2C(=O)C[C@@H](NNC(=O)Cc3ccccc3)C2=O)cc1. The summed E-state index contributed by atoms with van der Waals surface area (Å²) in [6, 6.07) is 15.2. The zero-order chi connectivity index (χ0) is 19.2. The molecule has 0 spiro atoms. The predicted molar refractivity (Wildman–Crippen MR) is 99.9 cm³/mol. The van der Waals surface area contributed by atoms with Gasteiger partial charge < -0.3 is 4.74 Å². The fourth-order valence-corrected chi connectivity index (χ4v) is 2.87. The Kier molecular flexibility index (Phi) is 5.83. The van der Waals surface area contributed by atoms with Gasteiger partial charge in [-0.05, 0) is 36.8 Å². The molecule has 3 amide bonds. The molecule has 0 bridgehead atoms. The second-order valence-electron chi connectivity index (χ2n) is 6.11. The van der Waals surface area contributed by atoms with Crippen LogP contribution in [-0.2, 0) is 20.8 Å². The van der Waals surface area contributed by atoms with E-state index in [2.05, 4.69) is 10.9 Å². The number of amides is 3. The molecule has 1 saturated heterocycles. The van der Waals surface area contributed by atoms with Gasteiger partial charge in [-0.25, -0.2) is 10.3 Å². The van der Waals surface area contributed by atoms with Gasteiger partial charge >= 0.3 is 0 Å². The van der Waals surface area contributed by atoms with Crippen LogP contribution in [0.5, 0.6) is 5.75 Å². The first kappa shape index (κ1) is 18.6. The van der Waals surface area contributed by atoms with E-state index in [-0.39, 0.29) is 24.7 Å². The van der Waals surface area contributed by atoms with E-state index in [4.69, 9.17) is 4.74 Å². The smallest absolute Gasteiger partial charge is 0.253 e. The molecule has 1 fully saturated rings. The van der Waals surface area contributed by atoms with E-state index in [1.54, 1.807) is 24.3 Å². The zero-order valence-corrected chi connectivity index (χ0v) is 15.0. The quantitative estimate of drug-likeness (QED) is 0.573. The molecule has 1 atom stereocenters. The van der Waals surface area contributed by atoms with E-state index in [0.29, 0.717) is 18.0 Å². The van der Waals surface area contributed by atoms with Gasteiger partial charge in [0.05, 0.1) is 25.1 Å². The molecule has 2 N–H and O–H groups in total. The second-order valence-corrected chi connectivity index (χ2v) is 6.11. The fourth-order valence-electron chi connectivity index (χ4n) is 2.87. The number of carbonyl (C=O) groups is 3. The lowest BCUT2D eigenvalue weighted by Crippen LogP contribution is -2.48. The average molecular weight is 367 g/mol. The summed E-state index contributed by atoms with van der Waals surface area (Å²) in [5, 5.41) is 0. The molecule has 3 rings (SSSR count). The van der Waals surface area contributed by atoms with Crippen molar-refractivity contribution in [2.45, 2.75) is 25.8 Å². The van der Waals surface area contributed by atoms with E-state index in [0.717, 1.165) is 10.5 Å². The molecule has 140 valence electrons. The maximum absolute atomic E-state index is 12.6. The third-order valence-corrected chi connectivity index (χ3v) is 4.15. The van der Waals surface area contributed by atoms with E-state index in [1.807, 2.05) is 37.3 Å². The van der Waals surface area contributed by atoms with Gasteiger partial charge in [-0.2, -0.15) is 0 Å². The molecule has 0 aliphatic carbocycles. The minimum absolute atomic E-state index is 0.0162. The molecule has 2 aromatic carbocycles. The number of benzene rings is 2. The van der Waals surface area contributed by atoms with Crippen molar-refractivity contribution in [3.05, 3.63) is 60.2 Å². The maximum Gasteiger partial charge on any atom is 0.253 e. The van der Waals surface area contributed by atoms with Crippen molar-refractivity contribution in [1.29, 1.82) is 0 Å². The Bertz CT molecular complexity index is 821. The molecular formula is C20H21N3O4. The van der Waals surface area contributed by atoms with E-state index < -0.39 is 11.9 Å². The first-order valence-electron chi connectivity index (χ1n) is 8.76. The van der Waals surface area contributed by atoms with Crippen LogP contribution in [0.25, 0.3) is 0 Å². The Morgan fingerprint density at radius 2 is 1.81 bits per heavy atom. The summed E-state index contributed by atoms with van der Waals surface area (Å²) in [4.78, 5) is 38.0. The molecule has 0 radical (unpaired) electrons. The van der Waals surface area contributed by atoms with Crippen LogP contribution in [0.1, 0.15) is 18.9 Å². The zero-order valence-electron chi connectivity index (χ0n) is 15.0.